The molecule has 1 N–H and O–H groups in total. The first-order valence-electron chi connectivity index (χ1n) is 6.65. The Morgan fingerprint density at radius 1 is 1.60 bits per heavy atom. The lowest BCUT2D eigenvalue weighted by molar-refractivity contribution is -0.133. The summed E-state index contributed by atoms with van der Waals surface area (Å²) in [4.78, 5) is 17.0. The molecule has 8 heteroatoms. The van der Waals surface area contributed by atoms with Gasteiger partial charge in [-0.2, -0.15) is 4.98 Å². The smallest absolute Gasteiger partial charge is 0.313 e. The quantitative estimate of drug-likeness (QED) is 0.803. The Bertz CT molecular complexity index is 438. The third-order valence-corrected chi connectivity index (χ3v) is 3.82. The van der Waals surface area contributed by atoms with E-state index in [0.717, 1.165) is 26.1 Å². The summed E-state index contributed by atoms with van der Waals surface area (Å²) in [6.07, 6.45) is 0.952. The number of carboxylic acids is 1. The fraction of sp³-hybridized carbons (Fsp3) is 0.750. The van der Waals surface area contributed by atoms with Crippen molar-refractivity contribution in [3.63, 3.8) is 0 Å². The van der Waals surface area contributed by atoms with Crippen LogP contribution < -0.4 is 0 Å². The van der Waals surface area contributed by atoms with Crippen LogP contribution in [0.2, 0.25) is 0 Å². The minimum atomic E-state index is -0.847. The Kier molecular flexibility index (Phi) is 5.81. The van der Waals surface area contributed by atoms with E-state index in [1.54, 1.807) is 0 Å². The predicted octanol–water partition coefficient (Wildman–Crippen LogP) is 1.17. The van der Waals surface area contributed by atoms with Crippen LogP contribution in [0, 0.1) is 0 Å². The van der Waals surface area contributed by atoms with Gasteiger partial charge in [-0.25, -0.2) is 0 Å². The molecule has 0 aliphatic carbocycles. The van der Waals surface area contributed by atoms with E-state index in [0.29, 0.717) is 24.1 Å². The highest BCUT2D eigenvalue weighted by molar-refractivity contribution is 7.99. The zero-order valence-electron chi connectivity index (χ0n) is 11.4. The standard InChI is InChI=1S/C12H19N3O4S/c1-2-3-15-4-5-18-9(6-15)12-13-10(19-14-12)7-20-8-11(16)17/h9H,2-8H2,1H3,(H,16,17). The topological polar surface area (TPSA) is 88.7 Å². The number of ether oxygens (including phenoxy) is 1. The van der Waals surface area contributed by atoms with Gasteiger partial charge in [0.1, 0.15) is 6.10 Å². The molecule has 1 saturated heterocycles. The third-order valence-electron chi connectivity index (χ3n) is 2.91. The second-order valence-corrected chi connectivity index (χ2v) is 5.58. The van der Waals surface area contributed by atoms with E-state index in [9.17, 15) is 4.79 Å². The molecule has 0 bridgehead atoms. The van der Waals surface area contributed by atoms with Crippen molar-refractivity contribution in [3.05, 3.63) is 11.7 Å². The van der Waals surface area contributed by atoms with E-state index in [-0.39, 0.29) is 11.9 Å². The summed E-state index contributed by atoms with van der Waals surface area (Å²) in [7, 11) is 0. The van der Waals surface area contributed by atoms with E-state index in [4.69, 9.17) is 14.4 Å². The van der Waals surface area contributed by atoms with Crippen LogP contribution in [-0.4, -0.2) is 58.1 Å². The highest BCUT2D eigenvalue weighted by Crippen LogP contribution is 2.21. The summed E-state index contributed by atoms with van der Waals surface area (Å²) in [5.41, 5.74) is 0. The van der Waals surface area contributed by atoms with Crippen molar-refractivity contribution >= 4 is 17.7 Å². The van der Waals surface area contributed by atoms with Crippen molar-refractivity contribution in [1.29, 1.82) is 0 Å². The average Bonchev–Trinajstić information content (AvgIpc) is 2.88. The van der Waals surface area contributed by atoms with Gasteiger partial charge in [-0.1, -0.05) is 12.1 Å². The molecule has 1 aromatic heterocycles. The molecule has 1 atom stereocenters. The van der Waals surface area contributed by atoms with Crippen molar-refractivity contribution in [1.82, 2.24) is 15.0 Å². The van der Waals surface area contributed by atoms with Crippen LogP contribution in [0.1, 0.15) is 31.2 Å². The second kappa shape index (κ2) is 7.61. The Balaban J connectivity index is 1.86. The van der Waals surface area contributed by atoms with Gasteiger partial charge in [-0.3, -0.25) is 9.69 Å². The summed E-state index contributed by atoms with van der Waals surface area (Å²) < 4.78 is 10.8. The van der Waals surface area contributed by atoms with Crippen LogP contribution in [0.5, 0.6) is 0 Å². The maximum absolute atomic E-state index is 10.4. The molecule has 2 heterocycles. The third kappa shape index (κ3) is 4.46. The molecule has 2 rings (SSSR count). The molecule has 112 valence electrons. The number of aromatic nitrogens is 2. The number of rotatable bonds is 7. The van der Waals surface area contributed by atoms with Crippen LogP contribution in [0.4, 0.5) is 0 Å². The van der Waals surface area contributed by atoms with Gasteiger partial charge in [0.05, 0.1) is 18.1 Å². The number of nitrogens with zero attached hydrogens (tertiary/aromatic N) is 3. The van der Waals surface area contributed by atoms with Gasteiger partial charge in [0.2, 0.25) is 11.7 Å². The van der Waals surface area contributed by atoms with Crippen LogP contribution in [0.25, 0.3) is 0 Å². The van der Waals surface area contributed by atoms with E-state index in [1.807, 2.05) is 0 Å². The van der Waals surface area contributed by atoms with Gasteiger partial charge in [-0.15, -0.1) is 11.8 Å². The molecule has 7 nitrogen and oxygen atoms in total. The summed E-state index contributed by atoms with van der Waals surface area (Å²) in [6.45, 7) is 5.57. The SMILES string of the molecule is CCCN1CCOC(c2noc(CSCC(=O)O)n2)C1. The average molecular weight is 301 g/mol. The summed E-state index contributed by atoms with van der Waals surface area (Å²) >= 11 is 1.24. The Labute approximate surface area is 121 Å². The lowest BCUT2D eigenvalue weighted by Crippen LogP contribution is -2.39. The van der Waals surface area contributed by atoms with E-state index in [2.05, 4.69) is 22.0 Å². The van der Waals surface area contributed by atoms with Crippen molar-refractivity contribution in [2.24, 2.45) is 0 Å². The zero-order chi connectivity index (χ0) is 14.4. The van der Waals surface area contributed by atoms with Crippen LogP contribution in [0.3, 0.4) is 0 Å². The van der Waals surface area contributed by atoms with E-state index < -0.39 is 5.97 Å². The molecule has 1 aliphatic heterocycles. The summed E-state index contributed by atoms with van der Waals surface area (Å²) in [6, 6.07) is 0. The predicted molar refractivity (Wildman–Crippen MR) is 73.5 cm³/mol. The largest absolute Gasteiger partial charge is 0.481 e. The fourth-order valence-corrected chi connectivity index (χ4v) is 2.63. The van der Waals surface area contributed by atoms with Crippen LogP contribution >= 0.6 is 11.8 Å². The van der Waals surface area contributed by atoms with Crippen molar-refractivity contribution in [2.75, 3.05) is 32.0 Å². The first kappa shape index (κ1) is 15.3. The highest BCUT2D eigenvalue weighted by Gasteiger charge is 2.25. The number of hydrogen-bond donors (Lipinski definition) is 1. The lowest BCUT2D eigenvalue weighted by Gasteiger charge is -2.30. The summed E-state index contributed by atoms with van der Waals surface area (Å²) in [5, 5.41) is 12.5. The minimum absolute atomic E-state index is 0.0297. The lowest BCUT2D eigenvalue weighted by atomic mass is 10.2. The monoisotopic (exact) mass is 301 g/mol. The maximum atomic E-state index is 10.4. The Morgan fingerprint density at radius 2 is 2.45 bits per heavy atom. The second-order valence-electron chi connectivity index (χ2n) is 4.59. The first-order valence-corrected chi connectivity index (χ1v) is 7.80. The minimum Gasteiger partial charge on any atom is -0.481 e. The molecule has 0 radical (unpaired) electrons. The number of morpholine rings is 1. The van der Waals surface area contributed by atoms with Crippen molar-refractivity contribution in [3.8, 4) is 0 Å². The number of carbonyl (C=O) groups is 1. The van der Waals surface area contributed by atoms with Gasteiger partial charge >= 0.3 is 5.97 Å². The van der Waals surface area contributed by atoms with Gasteiger partial charge < -0.3 is 14.4 Å². The molecule has 0 spiro atoms. The number of thioether (sulfide) groups is 1. The molecule has 1 aliphatic rings. The molecular weight excluding hydrogens is 282 g/mol. The first-order chi connectivity index (χ1) is 9.69. The molecular formula is C12H19N3O4S. The Hall–Kier alpha value is -1.12. The molecule has 0 saturated carbocycles. The molecule has 0 amide bonds. The Morgan fingerprint density at radius 3 is 3.20 bits per heavy atom. The van der Waals surface area contributed by atoms with Gasteiger partial charge in [0.15, 0.2) is 0 Å². The normalized spacial score (nSPS) is 20.1. The van der Waals surface area contributed by atoms with Crippen molar-refractivity contribution in [2.45, 2.75) is 25.2 Å². The van der Waals surface area contributed by atoms with Crippen LogP contribution in [-0.2, 0) is 15.3 Å². The summed E-state index contributed by atoms with van der Waals surface area (Å²) in [5.74, 6) is 0.590. The van der Waals surface area contributed by atoms with Gasteiger partial charge in [0.25, 0.3) is 0 Å². The number of hydrogen-bond acceptors (Lipinski definition) is 7. The van der Waals surface area contributed by atoms with Gasteiger partial charge in [0, 0.05) is 13.1 Å². The highest BCUT2D eigenvalue weighted by atomic mass is 32.2. The van der Waals surface area contributed by atoms with Crippen molar-refractivity contribution < 1.29 is 19.2 Å². The molecule has 1 unspecified atom stereocenters. The maximum Gasteiger partial charge on any atom is 0.313 e. The number of aliphatic carboxylic acids is 1. The zero-order valence-corrected chi connectivity index (χ0v) is 12.3. The van der Waals surface area contributed by atoms with Gasteiger partial charge in [-0.05, 0) is 13.0 Å². The number of carboxylic acid groups (broad SMARTS) is 1. The van der Waals surface area contributed by atoms with E-state index >= 15 is 0 Å². The molecule has 20 heavy (non-hydrogen) atoms. The fourth-order valence-electron chi connectivity index (χ4n) is 2.06. The van der Waals surface area contributed by atoms with E-state index in [1.165, 1.54) is 11.8 Å². The van der Waals surface area contributed by atoms with Crippen LogP contribution in [0.15, 0.2) is 4.52 Å². The molecule has 0 aromatic carbocycles. The molecule has 1 aromatic rings. The molecule has 1 fully saturated rings.